The molecular weight excluding hydrogens is 318 g/mol. The van der Waals surface area contributed by atoms with Crippen molar-refractivity contribution in [2.24, 2.45) is 5.41 Å². The van der Waals surface area contributed by atoms with E-state index in [1.807, 2.05) is 0 Å². The molecule has 1 saturated heterocycles. The predicted molar refractivity (Wildman–Crippen MR) is 70.5 cm³/mol. The van der Waals surface area contributed by atoms with Crippen molar-refractivity contribution >= 4 is 37.0 Å². The highest BCUT2D eigenvalue weighted by Gasteiger charge is 2.42. The molecule has 1 heterocycles. The normalized spacial score (nSPS) is 20.7. The molecule has 0 spiro atoms. The molecule has 0 saturated carbocycles. The quantitative estimate of drug-likeness (QED) is 0.234. The first-order chi connectivity index (χ1) is 8.99. The number of hydrogen-bond donors (Lipinski definition) is 0. The third-order valence-electron chi connectivity index (χ3n) is 2.37. The fraction of sp³-hybridized carbons (Fsp3) is 0.700. The van der Waals surface area contributed by atoms with Crippen LogP contribution in [0.4, 0.5) is 0 Å². The number of carbonyl (C=O) groups excluding carboxylic acids is 1. The summed E-state index contributed by atoms with van der Waals surface area (Å²) in [5.41, 5.74) is -0.560. The van der Waals surface area contributed by atoms with E-state index in [1.54, 1.807) is 0 Å². The van der Waals surface area contributed by atoms with Gasteiger partial charge in [-0.25, -0.2) is 9.36 Å². The molecule has 0 N–H and O–H groups in total. The van der Waals surface area contributed by atoms with Crippen LogP contribution in [0.15, 0.2) is 12.7 Å². The van der Waals surface area contributed by atoms with E-state index in [4.69, 9.17) is 36.8 Å². The lowest BCUT2D eigenvalue weighted by Gasteiger charge is -2.35. The van der Waals surface area contributed by atoms with Crippen LogP contribution in [0, 0.1) is 5.41 Å². The maximum atomic E-state index is 12.0. The average Bonchev–Trinajstić information content (AvgIpc) is 2.45. The summed E-state index contributed by atoms with van der Waals surface area (Å²) < 4.78 is 31.7. The van der Waals surface area contributed by atoms with Crippen molar-refractivity contribution < 1.29 is 27.7 Å². The van der Waals surface area contributed by atoms with Crippen LogP contribution in [-0.4, -0.2) is 44.2 Å². The SMILES string of the molecule is C=CC(=O)OCCOP1(=O)OCC(CCl)(CCl)CO1. The zero-order valence-corrected chi connectivity index (χ0v) is 12.6. The molecule has 0 aromatic rings. The van der Waals surface area contributed by atoms with Gasteiger partial charge in [0.2, 0.25) is 0 Å². The Bertz CT molecular complexity index is 357. The smallest absolute Gasteiger partial charge is 0.460 e. The zero-order chi connectivity index (χ0) is 14.4. The lowest BCUT2D eigenvalue weighted by atomic mass is 9.96. The Morgan fingerprint density at radius 2 is 1.89 bits per heavy atom. The molecule has 6 nitrogen and oxygen atoms in total. The summed E-state index contributed by atoms with van der Waals surface area (Å²) in [5, 5.41) is 0. The van der Waals surface area contributed by atoms with Crippen LogP contribution in [0.3, 0.4) is 0 Å². The largest absolute Gasteiger partial charge is 0.474 e. The number of halogens is 2. The highest BCUT2D eigenvalue weighted by Crippen LogP contribution is 2.54. The van der Waals surface area contributed by atoms with Gasteiger partial charge in [0.15, 0.2) is 0 Å². The van der Waals surface area contributed by atoms with Gasteiger partial charge in [0.1, 0.15) is 6.61 Å². The van der Waals surface area contributed by atoms with Crippen LogP contribution < -0.4 is 0 Å². The molecule has 9 heteroatoms. The van der Waals surface area contributed by atoms with Gasteiger partial charge in [0.05, 0.1) is 19.8 Å². The van der Waals surface area contributed by atoms with E-state index in [9.17, 15) is 9.36 Å². The number of phosphoric ester groups is 1. The summed E-state index contributed by atoms with van der Waals surface area (Å²) in [6.07, 6.45) is 1.02. The molecule has 0 atom stereocenters. The molecule has 1 rings (SSSR count). The third-order valence-corrected chi connectivity index (χ3v) is 4.89. The summed E-state index contributed by atoms with van der Waals surface area (Å²) in [6.45, 7) is 3.23. The monoisotopic (exact) mass is 332 g/mol. The molecular formula is C10H15Cl2O6P. The summed E-state index contributed by atoms with van der Waals surface area (Å²) >= 11 is 11.5. The second-order valence-corrected chi connectivity index (χ2v) is 6.17. The van der Waals surface area contributed by atoms with Crippen molar-refractivity contribution in [1.82, 2.24) is 0 Å². The van der Waals surface area contributed by atoms with Crippen LogP contribution in [0.2, 0.25) is 0 Å². The van der Waals surface area contributed by atoms with Crippen molar-refractivity contribution in [1.29, 1.82) is 0 Å². The van der Waals surface area contributed by atoms with Gasteiger partial charge in [0, 0.05) is 23.3 Å². The number of rotatable bonds is 7. The van der Waals surface area contributed by atoms with Crippen LogP contribution in [0.5, 0.6) is 0 Å². The van der Waals surface area contributed by atoms with E-state index in [0.29, 0.717) is 0 Å². The third kappa shape index (κ3) is 5.06. The fourth-order valence-electron chi connectivity index (χ4n) is 1.13. The van der Waals surface area contributed by atoms with E-state index in [2.05, 4.69) is 11.3 Å². The first kappa shape index (κ1) is 17.0. The number of alkyl halides is 2. The van der Waals surface area contributed by atoms with Crippen molar-refractivity contribution in [2.75, 3.05) is 38.2 Å². The second kappa shape index (κ2) is 7.62. The maximum Gasteiger partial charge on any atom is 0.474 e. The van der Waals surface area contributed by atoms with Crippen LogP contribution in [-0.2, 0) is 27.7 Å². The molecule has 0 amide bonds. The molecule has 0 aromatic carbocycles. The van der Waals surface area contributed by atoms with Crippen LogP contribution >= 0.6 is 31.0 Å². The van der Waals surface area contributed by atoms with Gasteiger partial charge in [-0.3, -0.25) is 13.6 Å². The number of hydrogen-bond acceptors (Lipinski definition) is 6. The maximum absolute atomic E-state index is 12.0. The van der Waals surface area contributed by atoms with Gasteiger partial charge in [-0.15, -0.1) is 23.2 Å². The molecule has 1 fully saturated rings. The minimum absolute atomic E-state index is 0.0717. The minimum atomic E-state index is -3.62. The summed E-state index contributed by atoms with van der Waals surface area (Å²) in [4.78, 5) is 10.7. The summed E-state index contributed by atoms with van der Waals surface area (Å²) in [5.74, 6) is -0.128. The molecule has 110 valence electrons. The molecule has 19 heavy (non-hydrogen) atoms. The van der Waals surface area contributed by atoms with Crippen LogP contribution in [0.25, 0.3) is 0 Å². The summed E-state index contributed by atoms with van der Waals surface area (Å²) in [6, 6.07) is 0. The van der Waals surface area contributed by atoms with E-state index in [1.165, 1.54) is 0 Å². The van der Waals surface area contributed by atoms with Crippen LogP contribution in [0.1, 0.15) is 0 Å². The molecule has 0 aromatic heterocycles. The summed E-state index contributed by atoms with van der Waals surface area (Å²) in [7, 11) is -3.62. The Balaban J connectivity index is 2.34. The second-order valence-electron chi connectivity index (χ2n) is 3.97. The predicted octanol–water partition coefficient (Wildman–Crippen LogP) is 2.35. The van der Waals surface area contributed by atoms with E-state index in [0.717, 1.165) is 6.08 Å². The van der Waals surface area contributed by atoms with E-state index < -0.39 is 19.2 Å². The van der Waals surface area contributed by atoms with Gasteiger partial charge in [-0.1, -0.05) is 6.58 Å². The molecule has 1 aliphatic heterocycles. The van der Waals surface area contributed by atoms with Gasteiger partial charge in [-0.05, 0) is 0 Å². The van der Waals surface area contributed by atoms with Gasteiger partial charge in [-0.2, -0.15) is 0 Å². The Morgan fingerprint density at radius 1 is 1.32 bits per heavy atom. The number of carbonyl (C=O) groups is 1. The standard InChI is InChI=1S/C10H15Cl2O6P/c1-2-9(13)15-3-4-16-19(14)17-7-10(5-11,6-12)8-18-19/h2H,1,3-8H2. The lowest BCUT2D eigenvalue weighted by Crippen LogP contribution is -2.39. The van der Waals surface area contributed by atoms with Gasteiger partial charge >= 0.3 is 13.8 Å². The molecule has 0 radical (unpaired) electrons. The first-order valence-corrected chi connectivity index (χ1v) is 7.97. The zero-order valence-electron chi connectivity index (χ0n) is 10.2. The highest BCUT2D eigenvalue weighted by atomic mass is 35.5. The fourth-order valence-corrected chi connectivity index (χ4v) is 3.11. The number of phosphoric acid groups is 1. The van der Waals surface area contributed by atoms with Crippen molar-refractivity contribution in [2.45, 2.75) is 0 Å². The minimum Gasteiger partial charge on any atom is -0.460 e. The van der Waals surface area contributed by atoms with Gasteiger partial charge < -0.3 is 4.74 Å². The Kier molecular flexibility index (Phi) is 6.80. The Labute approximate surface area is 121 Å². The first-order valence-electron chi connectivity index (χ1n) is 5.44. The topological polar surface area (TPSA) is 71.1 Å². The number of ether oxygens (including phenoxy) is 1. The average molecular weight is 333 g/mol. The lowest BCUT2D eigenvalue weighted by molar-refractivity contribution is -0.138. The highest BCUT2D eigenvalue weighted by molar-refractivity contribution is 7.48. The molecule has 0 aliphatic carbocycles. The molecule has 0 unspecified atom stereocenters. The van der Waals surface area contributed by atoms with Crippen molar-refractivity contribution in [3.63, 3.8) is 0 Å². The number of esters is 1. The Hall–Kier alpha value is -0.100. The van der Waals surface area contributed by atoms with Gasteiger partial charge in [0.25, 0.3) is 0 Å². The van der Waals surface area contributed by atoms with E-state index in [-0.39, 0.29) is 38.2 Å². The molecule has 1 aliphatic rings. The van der Waals surface area contributed by atoms with Crippen molar-refractivity contribution in [3.8, 4) is 0 Å². The Morgan fingerprint density at radius 3 is 2.37 bits per heavy atom. The van der Waals surface area contributed by atoms with Crippen molar-refractivity contribution in [3.05, 3.63) is 12.7 Å². The van der Waals surface area contributed by atoms with E-state index >= 15 is 0 Å². The molecule has 0 bridgehead atoms.